The normalized spacial score (nSPS) is 11.0. The van der Waals surface area contributed by atoms with Crippen LogP contribution in [0, 0.1) is 24.2 Å². The van der Waals surface area contributed by atoms with E-state index >= 15 is 0 Å². The van der Waals surface area contributed by atoms with Crippen molar-refractivity contribution in [1.82, 2.24) is 5.32 Å². The number of nitriles is 1. The van der Waals surface area contributed by atoms with Crippen molar-refractivity contribution >= 4 is 23.2 Å². The van der Waals surface area contributed by atoms with Gasteiger partial charge in [0.1, 0.15) is 17.4 Å². The molecule has 1 rings (SSSR count). The maximum absolute atomic E-state index is 11.9. The van der Waals surface area contributed by atoms with Crippen molar-refractivity contribution in [1.29, 1.82) is 5.26 Å². The number of carbonyl (C=O) groups excluding carboxylic acids is 1. The zero-order valence-electron chi connectivity index (χ0n) is 13.2. The Morgan fingerprint density at radius 1 is 1.50 bits per heavy atom. The van der Waals surface area contributed by atoms with Crippen LogP contribution in [0.2, 0.25) is 5.02 Å². The van der Waals surface area contributed by atoms with Crippen molar-refractivity contribution in [2.24, 2.45) is 5.92 Å². The Morgan fingerprint density at radius 3 is 2.73 bits per heavy atom. The van der Waals surface area contributed by atoms with Gasteiger partial charge < -0.3 is 15.4 Å². The van der Waals surface area contributed by atoms with E-state index in [0.29, 0.717) is 28.9 Å². The number of nitrogens with one attached hydrogen (secondary N) is 2. The first-order valence-electron chi connectivity index (χ1n) is 6.88. The van der Waals surface area contributed by atoms with Gasteiger partial charge in [0.25, 0.3) is 5.91 Å². The van der Waals surface area contributed by atoms with Crippen LogP contribution >= 0.6 is 11.6 Å². The number of benzene rings is 1. The third-order valence-corrected chi connectivity index (χ3v) is 3.30. The number of hydrogen-bond donors (Lipinski definition) is 2. The van der Waals surface area contributed by atoms with E-state index in [4.69, 9.17) is 21.6 Å². The second kappa shape index (κ2) is 8.30. The molecule has 1 aromatic carbocycles. The summed E-state index contributed by atoms with van der Waals surface area (Å²) in [6.45, 7) is 6.34. The van der Waals surface area contributed by atoms with Gasteiger partial charge in [-0.3, -0.25) is 4.79 Å². The third-order valence-electron chi connectivity index (χ3n) is 2.89. The van der Waals surface area contributed by atoms with Gasteiger partial charge in [-0.2, -0.15) is 5.26 Å². The molecule has 0 atom stereocenters. The number of rotatable bonds is 6. The monoisotopic (exact) mass is 321 g/mol. The van der Waals surface area contributed by atoms with Gasteiger partial charge in [-0.05, 0) is 24.5 Å². The Hall–Kier alpha value is -2.19. The summed E-state index contributed by atoms with van der Waals surface area (Å²) in [5.74, 6) is 0.441. The Labute approximate surface area is 135 Å². The maximum Gasteiger partial charge on any atom is 0.263 e. The second-order valence-electron chi connectivity index (χ2n) is 5.22. The second-order valence-corrected chi connectivity index (χ2v) is 5.63. The topological polar surface area (TPSA) is 74.1 Å². The Morgan fingerprint density at radius 2 is 2.18 bits per heavy atom. The molecule has 0 radical (unpaired) electrons. The van der Waals surface area contributed by atoms with Crippen molar-refractivity contribution in [3.05, 3.63) is 34.5 Å². The molecule has 1 aromatic rings. The maximum atomic E-state index is 11.9. The lowest BCUT2D eigenvalue weighted by molar-refractivity contribution is -0.117. The first-order valence-corrected chi connectivity index (χ1v) is 7.26. The van der Waals surface area contributed by atoms with Crippen LogP contribution in [-0.4, -0.2) is 19.6 Å². The molecule has 0 aliphatic carbocycles. The number of carbonyl (C=O) groups is 1. The summed E-state index contributed by atoms with van der Waals surface area (Å²) in [7, 11) is 1.52. The van der Waals surface area contributed by atoms with E-state index in [0.717, 1.165) is 5.56 Å². The zero-order valence-corrected chi connectivity index (χ0v) is 13.9. The molecule has 0 heterocycles. The van der Waals surface area contributed by atoms with Gasteiger partial charge in [-0.25, -0.2) is 0 Å². The molecular formula is C16H20ClN3O2. The molecule has 0 bridgehead atoms. The van der Waals surface area contributed by atoms with Crippen molar-refractivity contribution in [3.8, 4) is 11.8 Å². The molecule has 0 aromatic heterocycles. The van der Waals surface area contributed by atoms with Crippen LogP contribution in [0.15, 0.2) is 23.9 Å². The van der Waals surface area contributed by atoms with E-state index in [1.54, 1.807) is 12.1 Å². The van der Waals surface area contributed by atoms with E-state index in [1.165, 1.54) is 13.3 Å². The van der Waals surface area contributed by atoms with Gasteiger partial charge in [-0.15, -0.1) is 0 Å². The lowest BCUT2D eigenvalue weighted by Gasteiger charge is -2.11. The number of hydrogen-bond acceptors (Lipinski definition) is 4. The van der Waals surface area contributed by atoms with Crippen molar-refractivity contribution in [2.45, 2.75) is 20.8 Å². The standard InChI is InChI=1S/C16H20ClN3O2/c1-10(2)8-20-16(21)12(7-18)9-19-14-5-11(3)13(17)6-15(14)22-4/h5-6,9-10,19H,8H2,1-4H3,(H,20,21)/b12-9-. The number of halogens is 1. The molecule has 2 N–H and O–H groups in total. The molecule has 0 aliphatic heterocycles. The first kappa shape index (κ1) is 17.9. The predicted molar refractivity (Wildman–Crippen MR) is 87.9 cm³/mol. The zero-order chi connectivity index (χ0) is 16.7. The SMILES string of the molecule is COc1cc(Cl)c(C)cc1N/C=C(/C#N)C(=O)NCC(C)C. The van der Waals surface area contributed by atoms with Crippen LogP contribution in [0.1, 0.15) is 19.4 Å². The summed E-state index contributed by atoms with van der Waals surface area (Å²) in [6.07, 6.45) is 1.36. The quantitative estimate of drug-likeness (QED) is 0.623. The summed E-state index contributed by atoms with van der Waals surface area (Å²) >= 11 is 6.04. The lowest BCUT2D eigenvalue weighted by Crippen LogP contribution is -2.28. The third kappa shape index (κ3) is 4.97. The van der Waals surface area contributed by atoms with E-state index in [1.807, 2.05) is 26.8 Å². The molecule has 0 saturated heterocycles. The van der Waals surface area contributed by atoms with Crippen LogP contribution in [0.4, 0.5) is 5.69 Å². The Balaban J connectivity index is 2.91. The number of ether oxygens (including phenoxy) is 1. The molecule has 5 nitrogen and oxygen atoms in total. The van der Waals surface area contributed by atoms with Gasteiger partial charge in [0.05, 0.1) is 12.8 Å². The smallest absolute Gasteiger partial charge is 0.263 e. The van der Waals surface area contributed by atoms with Crippen LogP contribution in [0.25, 0.3) is 0 Å². The van der Waals surface area contributed by atoms with Crippen LogP contribution in [0.3, 0.4) is 0 Å². The molecule has 0 fully saturated rings. The number of amides is 1. The number of methoxy groups -OCH3 is 1. The Kier molecular flexibility index (Phi) is 6.74. The highest BCUT2D eigenvalue weighted by atomic mass is 35.5. The highest BCUT2D eigenvalue weighted by Crippen LogP contribution is 2.31. The van der Waals surface area contributed by atoms with E-state index in [9.17, 15) is 4.79 Å². The van der Waals surface area contributed by atoms with Crippen LogP contribution in [0.5, 0.6) is 5.75 Å². The molecule has 0 saturated carbocycles. The van der Waals surface area contributed by atoms with Crippen molar-refractivity contribution in [2.75, 3.05) is 19.0 Å². The minimum atomic E-state index is -0.409. The van der Waals surface area contributed by atoms with E-state index < -0.39 is 5.91 Å². The fraction of sp³-hybridized carbons (Fsp3) is 0.375. The van der Waals surface area contributed by atoms with Crippen molar-refractivity contribution in [3.63, 3.8) is 0 Å². The van der Waals surface area contributed by atoms with Gasteiger partial charge in [0, 0.05) is 23.8 Å². The number of nitrogens with zero attached hydrogens (tertiary/aromatic N) is 1. The molecule has 118 valence electrons. The molecule has 0 aliphatic rings. The summed E-state index contributed by atoms with van der Waals surface area (Å²) in [4.78, 5) is 11.9. The minimum Gasteiger partial charge on any atom is -0.495 e. The Bertz CT molecular complexity index is 619. The van der Waals surface area contributed by atoms with Gasteiger partial charge in [0.15, 0.2) is 0 Å². The summed E-state index contributed by atoms with van der Waals surface area (Å²) < 4.78 is 5.23. The summed E-state index contributed by atoms with van der Waals surface area (Å²) in [6, 6.07) is 5.35. The van der Waals surface area contributed by atoms with Crippen molar-refractivity contribution < 1.29 is 9.53 Å². The van der Waals surface area contributed by atoms with Crippen LogP contribution in [-0.2, 0) is 4.79 Å². The van der Waals surface area contributed by atoms with Gasteiger partial charge in [-0.1, -0.05) is 25.4 Å². The molecule has 22 heavy (non-hydrogen) atoms. The highest BCUT2D eigenvalue weighted by molar-refractivity contribution is 6.31. The molecular weight excluding hydrogens is 302 g/mol. The molecule has 1 amide bonds. The first-order chi connectivity index (χ1) is 10.4. The number of aryl methyl sites for hydroxylation is 1. The minimum absolute atomic E-state index is 0.00435. The largest absolute Gasteiger partial charge is 0.495 e. The summed E-state index contributed by atoms with van der Waals surface area (Å²) in [5.41, 5.74) is 1.49. The number of anilines is 1. The van der Waals surface area contributed by atoms with Crippen LogP contribution < -0.4 is 15.4 Å². The van der Waals surface area contributed by atoms with E-state index in [-0.39, 0.29) is 5.57 Å². The average Bonchev–Trinajstić information content (AvgIpc) is 2.48. The lowest BCUT2D eigenvalue weighted by atomic mass is 10.2. The fourth-order valence-corrected chi connectivity index (χ4v) is 1.79. The van der Waals surface area contributed by atoms with Gasteiger partial charge >= 0.3 is 0 Å². The summed E-state index contributed by atoms with van der Waals surface area (Å²) in [5, 5.41) is 15.3. The molecule has 6 heteroatoms. The fourth-order valence-electron chi connectivity index (χ4n) is 1.64. The highest BCUT2D eigenvalue weighted by Gasteiger charge is 2.10. The molecule has 0 spiro atoms. The van der Waals surface area contributed by atoms with E-state index in [2.05, 4.69) is 10.6 Å². The molecule has 0 unspecified atom stereocenters. The predicted octanol–water partition coefficient (Wildman–Crippen LogP) is 3.25. The average molecular weight is 322 g/mol. The van der Waals surface area contributed by atoms with Gasteiger partial charge in [0.2, 0.25) is 0 Å².